The summed E-state index contributed by atoms with van der Waals surface area (Å²) in [5.74, 6) is -0.260. The molecule has 0 bridgehead atoms. The molecule has 2 aromatic carbocycles. The predicted octanol–water partition coefficient (Wildman–Crippen LogP) is 4.89. The Balaban J connectivity index is 2.48. The van der Waals surface area contributed by atoms with Crippen LogP contribution in [0.3, 0.4) is 0 Å². The average Bonchev–Trinajstić information content (AvgIpc) is 2.53. The van der Waals surface area contributed by atoms with Crippen LogP contribution >= 0.6 is 11.8 Å². The van der Waals surface area contributed by atoms with Gasteiger partial charge in [0, 0.05) is 18.7 Å². The first kappa shape index (κ1) is 18.7. The van der Waals surface area contributed by atoms with E-state index >= 15 is 0 Å². The van der Waals surface area contributed by atoms with Gasteiger partial charge in [-0.25, -0.2) is 0 Å². The van der Waals surface area contributed by atoms with E-state index in [1.807, 2.05) is 18.2 Å². The molecule has 0 aliphatic rings. The molecule has 0 amide bonds. The highest BCUT2D eigenvalue weighted by molar-refractivity contribution is 8.13. The molecule has 0 heterocycles. The maximum Gasteiger partial charge on any atom is 0.302 e. The van der Waals surface area contributed by atoms with Crippen molar-refractivity contribution in [3.05, 3.63) is 47.5 Å². The van der Waals surface area contributed by atoms with E-state index in [4.69, 9.17) is 9.73 Å². The molecular weight excluding hydrogens is 334 g/mol. The number of nitrogens with zero attached hydrogens (tertiary/aromatic N) is 1. The van der Waals surface area contributed by atoms with Crippen LogP contribution in [0.15, 0.2) is 41.4 Å². The second kappa shape index (κ2) is 7.99. The van der Waals surface area contributed by atoms with Crippen LogP contribution in [-0.2, 0) is 16.1 Å². The summed E-state index contributed by atoms with van der Waals surface area (Å²) in [6.45, 7) is 8.72. The van der Waals surface area contributed by atoms with Crippen LogP contribution in [0.25, 0.3) is 10.8 Å². The number of thioether (sulfide) groups is 1. The van der Waals surface area contributed by atoms with Crippen molar-refractivity contribution in [1.82, 2.24) is 0 Å². The molecule has 0 saturated heterocycles. The Labute approximate surface area is 149 Å². The zero-order chi connectivity index (χ0) is 17.7. The zero-order valence-corrected chi connectivity index (χ0v) is 16.9. The molecule has 0 aromatic heterocycles. The lowest BCUT2D eigenvalue weighted by Crippen LogP contribution is -2.25. The van der Waals surface area contributed by atoms with Gasteiger partial charge >= 0.3 is 5.97 Å². The van der Waals surface area contributed by atoms with Crippen molar-refractivity contribution in [3.8, 4) is 0 Å². The number of carbonyl (C=O) groups is 1. The molecule has 0 unspecified atom stereocenters. The van der Waals surface area contributed by atoms with Gasteiger partial charge < -0.3 is 4.74 Å². The zero-order valence-electron chi connectivity index (χ0n) is 15.1. The Morgan fingerprint density at radius 2 is 1.79 bits per heavy atom. The lowest BCUT2D eigenvalue weighted by molar-refractivity contribution is -0.142. The van der Waals surface area contributed by atoms with Gasteiger partial charge in [-0.2, -0.15) is 0 Å². The molecule has 3 nitrogen and oxygen atoms in total. The molecule has 0 saturated carbocycles. The van der Waals surface area contributed by atoms with Crippen molar-refractivity contribution in [3.63, 3.8) is 0 Å². The topological polar surface area (TPSA) is 38.7 Å². The fourth-order valence-corrected chi connectivity index (χ4v) is 3.76. The van der Waals surface area contributed by atoms with Gasteiger partial charge in [-0.3, -0.25) is 9.79 Å². The lowest BCUT2D eigenvalue weighted by Gasteiger charge is -2.15. The molecule has 0 aliphatic carbocycles. The lowest BCUT2D eigenvalue weighted by atomic mass is 10.0. The Bertz CT molecular complexity index is 766. The second-order valence-corrected chi connectivity index (χ2v) is 13.2. The first-order chi connectivity index (χ1) is 11.3. The molecule has 2 rings (SSSR count). The summed E-state index contributed by atoms with van der Waals surface area (Å²) in [5.41, 5.74) is 2.18. The number of hydrogen-bond donors (Lipinski definition) is 0. The third kappa shape index (κ3) is 4.95. The summed E-state index contributed by atoms with van der Waals surface area (Å²) in [4.78, 5) is 16.0. The minimum Gasteiger partial charge on any atom is -0.461 e. The Morgan fingerprint density at radius 3 is 2.38 bits per heavy atom. The van der Waals surface area contributed by atoms with Gasteiger partial charge in [0.25, 0.3) is 0 Å². The number of benzene rings is 2. The van der Waals surface area contributed by atoms with Crippen molar-refractivity contribution < 1.29 is 9.53 Å². The van der Waals surface area contributed by atoms with Gasteiger partial charge in [0.1, 0.15) is 6.61 Å². The van der Waals surface area contributed by atoms with Gasteiger partial charge in [0.05, 0.1) is 13.1 Å². The molecule has 2 aromatic rings. The summed E-state index contributed by atoms with van der Waals surface area (Å²) in [6, 6.07) is 12.4. The normalized spacial score (nSPS) is 12.5. The van der Waals surface area contributed by atoms with Gasteiger partial charge in [-0.1, -0.05) is 56.0 Å². The van der Waals surface area contributed by atoms with Gasteiger partial charge in [0.2, 0.25) is 0 Å². The first-order valence-electron chi connectivity index (χ1n) is 8.04. The molecule has 0 radical (unpaired) electrons. The number of carbonyl (C=O) groups excluding carboxylic acids is 1. The van der Waals surface area contributed by atoms with E-state index in [2.05, 4.69) is 44.1 Å². The largest absolute Gasteiger partial charge is 0.461 e. The molecule has 0 fully saturated rings. The quantitative estimate of drug-likeness (QED) is 0.330. The van der Waals surface area contributed by atoms with Crippen molar-refractivity contribution in [2.75, 3.05) is 12.4 Å². The van der Waals surface area contributed by atoms with E-state index in [0.717, 1.165) is 33.1 Å². The number of esters is 1. The van der Waals surface area contributed by atoms with E-state index in [0.29, 0.717) is 6.61 Å². The van der Waals surface area contributed by atoms with E-state index in [9.17, 15) is 4.79 Å². The van der Waals surface area contributed by atoms with Crippen molar-refractivity contribution >= 4 is 41.6 Å². The summed E-state index contributed by atoms with van der Waals surface area (Å²) >= 11 is 1.69. The summed E-state index contributed by atoms with van der Waals surface area (Å²) in [6.07, 6.45) is 3.00. The van der Waals surface area contributed by atoms with Gasteiger partial charge in [-0.15, -0.1) is 11.8 Å². The maximum atomic E-state index is 11.1. The monoisotopic (exact) mass is 359 g/mol. The average molecular weight is 360 g/mol. The van der Waals surface area contributed by atoms with Crippen LogP contribution in [0.1, 0.15) is 18.1 Å². The number of aliphatic imine (C=N–C) groups is 1. The van der Waals surface area contributed by atoms with E-state index in [1.54, 1.807) is 11.8 Å². The predicted molar refractivity (Wildman–Crippen MR) is 108 cm³/mol. The molecule has 24 heavy (non-hydrogen) atoms. The van der Waals surface area contributed by atoms with E-state index < -0.39 is 8.07 Å². The highest BCUT2D eigenvalue weighted by atomic mass is 32.2. The third-order valence-electron chi connectivity index (χ3n) is 3.57. The molecule has 0 N–H and O–H groups in total. The summed E-state index contributed by atoms with van der Waals surface area (Å²) in [7, 11) is -1.23. The molecular formula is C19H25NO2SSi. The second-order valence-electron chi connectivity index (χ2n) is 6.98. The smallest absolute Gasteiger partial charge is 0.302 e. The van der Waals surface area contributed by atoms with Crippen LogP contribution in [-0.4, -0.2) is 31.5 Å². The number of rotatable bonds is 5. The molecule has 128 valence electrons. The highest BCUT2D eigenvalue weighted by Gasteiger charge is 2.15. The maximum absolute atomic E-state index is 11.1. The van der Waals surface area contributed by atoms with Crippen molar-refractivity contribution in [1.29, 1.82) is 0 Å². The highest BCUT2D eigenvalue weighted by Crippen LogP contribution is 2.27. The molecule has 5 heteroatoms. The first-order valence-corrected chi connectivity index (χ1v) is 13.0. The standard InChI is InChI=1S/C19H25NO2SSi/c1-14(21)22-12-15-10-11-18(17-9-7-6-8-16(15)17)19(23-2)20-13-24(3,4)5/h6-11H,12-13H2,1-5H3/b20-19-. The Kier molecular flexibility index (Phi) is 6.24. The fraction of sp³-hybridized carbons (Fsp3) is 0.368. The van der Waals surface area contributed by atoms with Crippen LogP contribution in [0.2, 0.25) is 19.6 Å². The van der Waals surface area contributed by atoms with Crippen LogP contribution in [0, 0.1) is 0 Å². The number of ether oxygens (including phenoxy) is 1. The number of hydrogen-bond acceptors (Lipinski definition) is 4. The van der Waals surface area contributed by atoms with Gasteiger partial charge in [-0.05, 0) is 22.6 Å². The third-order valence-corrected chi connectivity index (χ3v) is 5.41. The van der Waals surface area contributed by atoms with Crippen LogP contribution < -0.4 is 0 Å². The van der Waals surface area contributed by atoms with Gasteiger partial charge in [0.15, 0.2) is 0 Å². The Morgan fingerprint density at radius 1 is 1.12 bits per heavy atom. The summed E-state index contributed by atoms with van der Waals surface area (Å²) < 4.78 is 5.19. The SMILES string of the molecule is CS/C(=N\C[Si](C)(C)C)c1ccc(COC(C)=O)c2ccccc12. The fourth-order valence-electron chi connectivity index (χ4n) is 2.42. The van der Waals surface area contributed by atoms with E-state index in [-0.39, 0.29) is 5.97 Å². The minimum absolute atomic E-state index is 0.260. The van der Waals surface area contributed by atoms with Crippen LogP contribution in [0.4, 0.5) is 0 Å². The van der Waals surface area contributed by atoms with Crippen molar-refractivity contribution in [2.45, 2.75) is 33.2 Å². The summed E-state index contributed by atoms with van der Waals surface area (Å²) in [5, 5.41) is 3.35. The number of fused-ring (bicyclic) bond motifs is 1. The Hall–Kier alpha value is -1.59. The van der Waals surface area contributed by atoms with Crippen LogP contribution in [0.5, 0.6) is 0 Å². The van der Waals surface area contributed by atoms with E-state index in [1.165, 1.54) is 6.92 Å². The molecule has 0 spiro atoms. The van der Waals surface area contributed by atoms with Crippen molar-refractivity contribution in [2.24, 2.45) is 4.99 Å². The minimum atomic E-state index is -1.23. The molecule has 0 aliphatic heterocycles. The molecule has 0 atom stereocenters.